The van der Waals surface area contributed by atoms with Gasteiger partial charge in [-0.1, -0.05) is 13.8 Å². The third kappa shape index (κ3) is 5.27. The molecule has 0 aromatic carbocycles. The molecule has 0 aliphatic rings. The number of hydrogen-bond donors (Lipinski definition) is 2. The van der Waals surface area contributed by atoms with Gasteiger partial charge in [-0.25, -0.2) is 0 Å². The quantitative estimate of drug-likeness (QED) is 0.551. The van der Waals surface area contributed by atoms with Crippen LogP contribution in [0.2, 0.25) is 12.1 Å². The van der Waals surface area contributed by atoms with Gasteiger partial charge in [0.05, 0.1) is 5.79 Å². The topological polar surface area (TPSA) is 66.8 Å². The van der Waals surface area contributed by atoms with Gasteiger partial charge in [0.1, 0.15) is 0 Å². The summed E-state index contributed by atoms with van der Waals surface area (Å²) < 4.78 is 16.8. The summed E-state index contributed by atoms with van der Waals surface area (Å²) in [5, 5.41) is 0. The zero-order chi connectivity index (χ0) is 11.4. The third-order valence-corrected chi connectivity index (χ3v) is 9.77. The summed E-state index contributed by atoms with van der Waals surface area (Å²) in [6.07, 6.45) is 0.0492. The molecule has 0 amide bonds. The summed E-state index contributed by atoms with van der Waals surface area (Å²) in [5.74, 6) is -0.0504. The van der Waals surface area contributed by atoms with Crippen molar-refractivity contribution in [2.24, 2.45) is 0 Å². The monoisotopic (exact) mass is 240 g/mol. The first kappa shape index (κ1) is 14.3. The molecule has 0 radical (unpaired) electrons. The summed E-state index contributed by atoms with van der Waals surface area (Å²) >= 11 is 0. The van der Waals surface area contributed by atoms with Gasteiger partial charge in [0.15, 0.2) is 0 Å². The highest BCUT2D eigenvalue weighted by Crippen LogP contribution is 2.40. The van der Waals surface area contributed by atoms with Crippen LogP contribution in [0.3, 0.4) is 0 Å². The van der Waals surface area contributed by atoms with Crippen molar-refractivity contribution in [3.63, 3.8) is 0 Å². The molecule has 14 heavy (non-hydrogen) atoms. The summed E-state index contributed by atoms with van der Waals surface area (Å²) in [5.41, 5.74) is 0. The summed E-state index contributed by atoms with van der Waals surface area (Å²) in [4.78, 5) is 18.0. The molecule has 0 bridgehead atoms. The van der Waals surface area contributed by atoms with E-state index in [1.54, 1.807) is 0 Å². The van der Waals surface area contributed by atoms with Crippen molar-refractivity contribution in [2.75, 3.05) is 5.79 Å². The van der Waals surface area contributed by atoms with Crippen molar-refractivity contribution in [1.29, 1.82) is 0 Å². The third-order valence-electron chi connectivity index (χ3n) is 2.27. The first-order valence-electron chi connectivity index (χ1n) is 4.97. The Balaban J connectivity index is 4.61. The highest BCUT2D eigenvalue weighted by molar-refractivity contribution is 7.54. The van der Waals surface area contributed by atoms with E-state index in [9.17, 15) is 4.57 Å². The van der Waals surface area contributed by atoms with Gasteiger partial charge in [0, 0.05) is 6.10 Å². The standard InChI is InChI=1S/C8H21O4PSi/c1-5-14(6-2,12-8(3)4)7-13(9,10)11/h8H,5-7H2,1-4H3,(H2,9,10,11). The first-order chi connectivity index (χ1) is 6.24. The molecule has 0 aromatic heterocycles. The van der Waals surface area contributed by atoms with Gasteiger partial charge in [-0.2, -0.15) is 0 Å². The normalized spacial score (nSPS) is 13.6. The van der Waals surface area contributed by atoms with E-state index in [-0.39, 0.29) is 11.9 Å². The molecule has 0 saturated heterocycles. The summed E-state index contributed by atoms with van der Waals surface area (Å²) in [7, 11) is -6.14. The Hall–Kier alpha value is 0.327. The Morgan fingerprint density at radius 2 is 1.71 bits per heavy atom. The van der Waals surface area contributed by atoms with Crippen LogP contribution in [0.1, 0.15) is 27.7 Å². The van der Waals surface area contributed by atoms with Crippen LogP contribution < -0.4 is 0 Å². The van der Waals surface area contributed by atoms with Gasteiger partial charge in [-0.05, 0) is 25.9 Å². The summed E-state index contributed by atoms with van der Waals surface area (Å²) in [6.45, 7) is 7.72. The fraction of sp³-hybridized carbons (Fsp3) is 1.00. The van der Waals surface area contributed by atoms with Crippen LogP contribution in [0.25, 0.3) is 0 Å². The van der Waals surface area contributed by atoms with Crippen LogP contribution in [0, 0.1) is 0 Å². The van der Waals surface area contributed by atoms with Crippen LogP contribution in [-0.2, 0) is 8.99 Å². The largest absolute Gasteiger partial charge is 0.414 e. The van der Waals surface area contributed by atoms with Gasteiger partial charge in [0.2, 0.25) is 8.32 Å². The van der Waals surface area contributed by atoms with E-state index in [1.807, 2.05) is 27.7 Å². The zero-order valence-corrected chi connectivity index (χ0v) is 11.3. The van der Waals surface area contributed by atoms with Gasteiger partial charge in [-0.3, -0.25) is 4.57 Å². The van der Waals surface area contributed by atoms with Gasteiger partial charge in [0.25, 0.3) is 0 Å². The highest BCUT2D eigenvalue weighted by Gasteiger charge is 2.38. The minimum atomic E-state index is -3.94. The molecule has 0 rings (SSSR count). The van der Waals surface area contributed by atoms with Crippen molar-refractivity contribution in [3.8, 4) is 0 Å². The van der Waals surface area contributed by atoms with Crippen molar-refractivity contribution in [2.45, 2.75) is 45.9 Å². The van der Waals surface area contributed by atoms with E-state index in [0.29, 0.717) is 0 Å². The predicted octanol–water partition coefficient (Wildman–Crippen LogP) is 2.11. The van der Waals surface area contributed by atoms with Crippen molar-refractivity contribution >= 4 is 15.9 Å². The smallest absolute Gasteiger partial charge is 0.325 e. The van der Waals surface area contributed by atoms with Crippen molar-refractivity contribution in [1.82, 2.24) is 0 Å². The first-order valence-corrected chi connectivity index (χ1v) is 9.30. The molecule has 2 N–H and O–H groups in total. The lowest BCUT2D eigenvalue weighted by Crippen LogP contribution is -2.43. The Morgan fingerprint density at radius 1 is 1.29 bits per heavy atom. The van der Waals surface area contributed by atoms with Crippen LogP contribution in [0.15, 0.2) is 0 Å². The second-order valence-corrected chi connectivity index (χ2v) is 10.5. The zero-order valence-electron chi connectivity index (χ0n) is 9.36. The number of rotatable bonds is 6. The average molecular weight is 240 g/mol. The molecule has 6 heteroatoms. The van der Waals surface area contributed by atoms with Gasteiger partial charge < -0.3 is 14.2 Å². The van der Waals surface area contributed by atoms with E-state index < -0.39 is 15.9 Å². The van der Waals surface area contributed by atoms with Crippen LogP contribution in [0.4, 0.5) is 0 Å². The molecular weight excluding hydrogens is 219 g/mol. The number of hydrogen-bond acceptors (Lipinski definition) is 2. The maximum Gasteiger partial charge on any atom is 0.325 e. The van der Waals surface area contributed by atoms with E-state index in [2.05, 4.69) is 0 Å². The minimum Gasteiger partial charge on any atom is -0.414 e. The van der Waals surface area contributed by atoms with E-state index >= 15 is 0 Å². The minimum absolute atomic E-state index is 0.0492. The molecule has 0 fully saturated rings. The Labute approximate surface area is 87.0 Å². The van der Waals surface area contributed by atoms with E-state index in [1.165, 1.54) is 0 Å². The fourth-order valence-electron chi connectivity index (χ4n) is 1.55. The molecule has 0 saturated carbocycles. The SMILES string of the molecule is CC[Si](CC)(CP(=O)(O)O)OC(C)C. The maximum absolute atomic E-state index is 11.0. The molecule has 0 aliphatic carbocycles. The molecule has 0 spiro atoms. The van der Waals surface area contributed by atoms with Crippen LogP contribution in [-0.4, -0.2) is 30.0 Å². The molecule has 86 valence electrons. The van der Waals surface area contributed by atoms with Gasteiger partial charge >= 0.3 is 7.60 Å². The molecule has 4 nitrogen and oxygen atoms in total. The molecular formula is C8H21O4PSi. The molecule has 0 unspecified atom stereocenters. The lowest BCUT2D eigenvalue weighted by Gasteiger charge is -2.31. The average Bonchev–Trinajstić information content (AvgIpc) is 1.99. The molecule has 0 atom stereocenters. The second kappa shape index (κ2) is 5.42. The lowest BCUT2D eigenvalue weighted by atomic mass is 10.5. The molecule has 0 heterocycles. The maximum atomic E-state index is 11.0. The van der Waals surface area contributed by atoms with Gasteiger partial charge in [-0.15, -0.1) is 0 Å². The van der Waals surface area contributed by atoms with Crippen LogP contribution >= 0.6 is 7.60 Å². The lowest BCUT2D eigenvalue weighted by molar-refractivity contribution is 0.226. The molecule has 0 aliphatic heterocycles. The highest BCUT2D eigenvalue weighted by atomic mass is 31.2. The fourth-order valence-corrected chi connectivity index (χ4v) is 8.48. The Bertz CT molecular complexity index is 209. The Morgan fingerprint density at radius 3 is 1.93 bits per heavy atom. The van der Waals surface area contributed by atoms with E-state index in [4.69, 9.17) is 14.2 Å². The predicted molar refractivity (Wildman–Crippen MR) is 59.8 cm³/mol. The summed E-state index contributed by atoms with van der Waals surface area (Å²) in [6, 6.07) is 1.51. The second-order valence-electron chi connectivity index (χ2n) is 3.88. The van der Waals surface area contributed by atoms with Crippen LogP contribution in [0.5, 0.6) is 0 Å². The van der Waals surface area contributed by atoms with Crippen molar-refractivity contribution < 1.29 is 18.8 Å². The Kier molecular flexibility index (Phi) is 5.55. The van der Waals surface area contributed by atoms with Crippen molar-refractivity contribution in [3.05, 3.63) is 0 Å². The van der Waals surface area contributed by atoms with E-state index in [0.717, 1.165) is 12.1 Å². The molecule has 0 aromatic rings.